The zero-order valence-electron chi connectivity index (χ0n) is 18.3. The number of sulfonamides is 1. The Bertz CT molecular complexity index is 906. The number of ether oxygens (including phenoxy) is 1. The van der Waals surface area contributed by atoms with Crippen molar-refractivity contribution in [3.63, 3.8) is 0 Å². The summed E-state index contributed by atoms with van der Waals surface area (Å²) in [6.45, 7) is 8.63. The summed E-state index contributed by atoms with van der Waals surface area (Å²) in [4.78, 5) is 21.1. The van der Waals surface area contributed by atoms with Crippen molar-refractivity contribution in [1.82, 2.24) is 19.4 Å². The number of benzene rings is 1. The molecule has 1 atom stereocenters. The van der Waals surface area contributed by atoms with Crippen LogP contribution in [-0.4, -0.2) is 86.5 Å². The molecule has 3 rings (SSSR count). The molecular weight excluding hydrogens is 406 g/mol. The lowest BCUT2D eigenvalue weighted by molar-refractivity contribution is 0.0137. The number of nitrogens with one attached hydrogen (secondary N) is 1. The molecule has 1 aromatic rings. The second-order valence-corrected chi connectivity index (χ2v) is 10.9. The summed E-state index contributed by atoms with van der Waals surface area (Å²) >= 11 is 0. The third-order valence-corrected chi connectivity index (χ3v) is 6.84. The second kappa shape index (κ2) is 8.43. The van der Waals surface area contributed by atoms with E-state index in [4.69, 9.17) is 4.74 Å². The van der Waals surface area contributed by atoms with Gasteiger partial charge in [0.15, 0.2) is 5.96 Å². The van der Waals surface area contributed by atoms with E-state index in [1.165, 1.54) is 18.4 Å². The molecule has 1 saturated heterocycles. The molecule has 1 amide bonds. The van der Waals surface area contributed by atoms with Crippen LogP contribution in [0, 0.1) is 0 Å². The number of guanidine groups is 1. The molecule has 2 aliphatic heterocycles. The minimum Gasteiger partial charge on any atom is -0.444 e. The normalized spacial score (nSPS) is 19.5. The molecule has 0 spiro atoms. The number of amides is 1. The Balaban J connectivity index is 1.54. The highest BCUT2D eigenvalue weighted by Gasteiger charge is 2.36. The van der Waals surface area contributed by atoms with Crippen molar-refractivity contribution < 1.29 is 17.9 Å². The number of hydrogen-bond donors (Lipinski definition) is 1. The molecule has 2 heterocycles. The van der Waals surface area contributed by atoms with Gasteiger partial charge in [-0.2, -0.15) is 0 Å². The number of piperazine rings is 1. The Kier molecular flexibility index (Phi) is 6.28. The Morgan fingerprint density at radius 1 is 1.23 bits per heavy atom. The van der Waals surface area contributed by atoms with E-state index in [0.717, 1.165) is 11.5 Å². The van der Waals surface area contributed by atoms with Crippen LogP contribution in [0.1, 0.15) is 26.3 Å². The molecule has 0 bridgehead atoms. The van der Waals surface area contributed by atoms with Gasteiger partial charge in [0.2, 0.25) is 10.0 Å². The first-order valence-electron chi connectivity index (χ1n) is 10.0. The minimum atomic E-state index is -3.43. The van der Waals surface area contributed by atoms with Crippen molar-refractivity contribution >= 4 is 22.1 Å². The summed E-state index contributed by atoms with van der Waals surface area (Å²) in [7, 11) is -0.394. The third kappa shape index (κ3) is 5.04. The van der Waals surface area contributed by atoms with Crippen LogP contribution >= 0.6 is 0 Å². The Labute approximate surface area is 178 Å². The number of carbonyl (C=O) groups excluding carboxylic acids is 1. The average molecular weight is 438 g/mol. The van der Waals surface area contributed by atoms with E-state index in [0.29, 0.717) is 32.7 Å². The number of fused-ring (bicyclic) bond motifs is 1. The molecular formula is C20H31N5O4S. The van der Waals surface area contributed by atoms with E-state index in [1.807, 2.05) is 20.8 Å². The maximum atomic E-state index is 12.3. The molecule has 30 heavy (non-hydrogen) atoms. The van der Waals surface area contributed by atoms with Crippen LogP contribution in [0.25, 0.3) is 0 Å². The zero-order valence-corrected chi connectivity index (χ0v) is 19.1. The van der Waals surface area contributed by atoms with Crippen LogP contribution in [0.2, 0.25) is 0 Å². The van der Waals surface area contributed by atoms with E-state index >= 15 is 0 Å². The highest BCUT2D eigenvalue weighted by molar-refractivity contribution is 7.89. The fourth-order valence-corrected chi connectivity index (χ4v) is 4.30. The quantitative estimate of drug-likeness (QED) is 0.763. The molecule has 166 valence electrons. The van der Waals surface area contributed by atoms with Crippen LogP contribution in [-0.2, 0) is 21.3 Å². The summed E-state index contributed by atoms with van der Waals surface area (Å²) in [5.41, 5.74) is 0.459. The average Bonchev–Trinajstić information content (AvgIpc) is 3.07. The van der Waals surface area contributed by atoms with Gasteiger partial charge in [0, 0.05) is 40.3 Å². The van der Waals surface area contributed by atoms with E-state index in [1.54, 1.807) is 29.2 Å². The van der Waals surface area contributed by atoms with Gasteiger partial charge in [-0.25, -0.2) is 17.5 Å². The second-order valence-electron chi connectivity index (χ2n) is 8.72. The van der Waals surface area contributed by atoms with Gasteiger partial charge in [0.05, 0.1) is 17.5 Å². The monoisotopic (exact) mass is 437 g/mol. The van der Waals surface area contributed by atoms with Crippen molar-refractivity contribution in [2.24, 2.45) is 4.99 Å². The van der Waals surface area contributed by atoms with Crippen molar-refractivity contribution in [1.29, 1.82) is 0 Å². The number of aliphatic imine (C=N–C) groups is 1. The molecule has 1 N–H and O–H groups in total. The largest absolute Gasteiger partial charge is 0.444 e. The van der Waals surface area contributed by atoms with E-state index < -0.39 is 15.6 Å². The van der Waals surface area contributed by atoms with Crippen molar-refractivity contribution in [2.45, 2.75) is 43.9 Å². The lowest BCUT2D eigenvalue weighted by atomic mass is 10.2. The van der Waals surface area contributed by atoms with Gasteiger partial charge in [-0.15, -0.1) is 0 Å². The highest BCUT2D eigenvalue weighted by atomic mass is 32.2. The Hall–Kier alpha value is -2.33. The zero-order chi connectivity index (χ0) is 22.1. The number of hydrogen-bond acceptors (Lipinski definition) is 7. The first kappa shape index (κ1) is 22.4. The summed E-state index contributed by atoms with van der Waals surface area (Å²) in [6, 6.07) is 6.98. The molecule has 1 aromatic carbocycles. The maximum Gasteiger partial charge on any atom is 0.410 e. The molecule has 0 aliphatic carbocycles. The topological polar surface area (TPSA) is 94.6 Å². The Morgan fingerprint density at radius 3 is 2.50 bits per heavy atom. The summed E-state index contributed by atoms with van der Waals surface area (Å²) < 4.78 is 31.0. The first-order valence-corrected chi connectivity index (χ1v) is 11.5. The van der Waals surface area contributed by atoms with Crippen molar-refractivity contribution in [2.75, 3.05) is 40.3 Å². The molecule has 0 aromatic heterocycles. The summed E-state index contributed by atoms with van der Waals surface area (Å²) in [5, 5.41) is 3.34. The molecule has 0 saturated carbocycles. The van der Waals surface area contributed by atoms with Crippen LogP contribution < -0.4 is 5.32 Å². The van der Waals surface area contributed by atoms with Crippen LogP contribution in [0.3, 0.4) is 0 Å². The van der Waals surface area contributed by atoms with Crippen LogP contribution in [0.15, 0.2) is 34.2 Å². The van der Waals surface area contributed by atoms with Crippen LogP contribution in [0.4, 0.5) is 4.79 Å². The lowest BCUT2D eigenvalue weighted by Gasteiger charge is -2.39. The summed E-state index contributed by atoms with van der Waals surface area (Å²) in [6.07, 6.45) is -0.281. The van der Waals surface area contributed by atoms with Gasteiger partial charge in [0.1, 0.15) is 5.60 Å². The molecule has 0 radical (unpaired) electrons. The lowest BCUT2D eigenvalue weighted by Crippen LogP contribution is -2.57. The van der Waals surface area contributed by atoms with Gasteiger partial charge in [-0.05, 0) is 38.5 Å². The van der Waals surface area contributed by atoms with Crippen molar-refractivity contribution in [3.05, 3.63) is 29.8 Å². The van der Waals surface area contributed by atoms with Crippen molar-refractivity contribution in [3.8, 4) is 0 Å². The smallest absolute Gasteiger partial charge is 0.410 e. The highest BCUT2D eigenvalue weighted by Crippen LogP contribution is 2.19. The maximum absolute atomic E-state index is 12.3. The van der Waals surface area contributed by atoms with E-state index in [9.17, 15) is 13.2 Å². The third-order valence-electron chi connectivity index (χ3n) is 5.01. The number of rotatable bonds is 4. The fraction of sp³-hybridized carbons (Fsp3) is 0.600. The molecule has 9 nitrogen and oxygen atoms in total. The first-order chi connectivity index (χ1) is 14.0. The van der Waals surface area contributed by atoms with Gasteiger partial charge in [-0.3, -0.25) is 4.99 Å². The van der Waals surface area contributed by atoms with E-state index in [-0.39, 0.29) is 17.0 Å². The number of carbonyl (C=O) groups is 1. The van der Waals surface area contributed by atoms with Crippen LogP contribution in [0.5, 0.6) is 0 Å². The fourth-order valence-electron chi connectivity index (χ4n) is 3.39. The SMILES string of the molecule is CN(C)S(=O)(=O)c1ccc(CNC2=NCC3CN(C(=O)OC(C)(C)C)CCN23)cc1. The van der Waals surface area contributed by atoms with Gasteiger partial charge in [-0.1, -0.05) is 12.1 Å². The summed E-state index contributed by atoms with van der Waals surface area (Å²) in [5.74, 6) is 0.814. The molecule has 1 unspecified atom stereocenters. The van der Waals surface area contributed by atoms with Gasteiger partial charge in [0.25, 0.3) is 0 Å². The standard InChI is InChI=1S/C20H31N5O4S/c1-20(2,3)29-19(26)24-10-11-25-16(14-24)13-22-18(25)21-12-15-6-8-17(9-7-15)30(27,28)23(4)5/h6-9,16H,10-14H2,1-5H3,(H,21,22). The Morgan fingerprint density at radius 2 is 1.90 bits per heavy atom. The molecule has 2 aliphatic rings. The predicted molar refractivity (Wildman–Crippen MR) is 115 cm³/mol. The number of nitrogens with zero attached hydrogens (tertiary/aromatic N) is 4. The van der Waals surface area contributed by atoms with E-state index in [2.05, 4.69) is 15.2 Å². The molecule has 1 fully saturated rings. The minimum absolute atomic E-state index is 0.140. The molecule has 10 heteroatoms. The van der Waals surface area contributed by atoms with Gasteiger partial charge >= 0.3 is 6.09 Å². The van der Waals surface area contributed by atoms with Gasteiger partial charge < -0.3 is 19.9 Å². The predicted octanol–water partition coefficient (Wildman–Crippen LogP) is 1.32.